The summed E-state index contributed by atoms with van der Waals surface area (Å²) in [4.78, 5) is 14.0. The standard InChI is InChI=1S/C18H22FN3O3S/c1-13(15-6-8-17(9-7-15)26(20,24)25)21-18(23)12-22(2)11-14-4-3-5-16(19)10-14/h3-10,13H,11-12H2,1-2H3,(H,21,23)(H2,20,24,25)/t13-/m0/s1. The van der Waals surface area contributed by atoms with Crippen LogP contribution in [0.4, 0.5) is 4.39 Å². The fraction of sp³-hybridized carbons (Fsp3) is 0.278. The molecule has 2 aromatic carbocycles. The smallest absolute Gasteiger partial charge is 0.238 e. The Balaban J connectivity index is 1.90. The molecule has 0 aliphatic rings. The van der Waals surface area contributed by atoms with Crippen molar-refractivity contribution in [1.82, 2.24) is 10.2 Å². The van der Waals surface area contributed by atoms with Crippen molar-refractivity contribution >= 4 is 15.9 Å². The molecule has 0 aliphatic carbocycles. The maximum Gasteiger partial charge on any atom is 0.238 e. The van der Waals surface area contributed by atoms with Crippen molar-refractivity contribution < 1.29 is 17.6 Å². The van der Waals surface area contributed by atoms with Gasteiger partial charge >= 0.3 is 0 Å². The van der Waals surface area contributed by atoms with Crippen LogP contribution in [0.15, 0.2) is 53.4 Å². The quantitative estimate of drug-likeness (QED) is 0.767. The van der Waals surface area contributed by atoms with Crippen molar-refractivity contribution in [1.29, 1.82) is 0 Å². The number of likely N-dealkylation sites (N-methyl/N-ethyl adjacent to an activating group) is 1. The normalized spacial score (nSPS) is 12.8. The Kier molecular flexibility index (Phi) is 6.47. The number of amides is 1. The van der Waals surface area contributed by atoms with Gasteiger partial charge in [0.1, 0.15) is 5.82 Å². The van der Waals surface area contributed by atoms with Crippen LogP contribution in [0.3, 0.4) is 0 Å². The molecule has 0 spiro atoms. The van der Waals surface area contributed by atoms with Gasteiger partial charge < -0.3 is 5.32 Å². The minimum absolute atomic E-state index is 0.0228. The predicted molar refractivity (Wildman–Crippen MR) is 97.1 cm³/mol. The molecule has 2 rings (SSSR count). The first-order valence-electron chi connectivity index (χ1n) is 8.00. The van der Waals surface area contributed by atoms with E-state index in [1.54, 1.807) is 43.1 Å². The third kappa shape index (κ3) is 5.91. The lowest BCUT2D eigenvalue weighted by Gasteiger charge is -2.19. The minimum Gasteiger partial charge on any atom is -0.348 e. The van der Waals surface area contributed by atoms with Crippen molar-refractivity contribution in [2.75, 3.05) is 13.6 Å². The van der Waals surface area contributed by atoms with Gasteiger partial charge in [-0.3, -0.25) is 9.69 Å². The SMILES string of the molecule is C[C@H](NC(=O)CN(C)Cc1cccc(F)c1)c1ccc(S(N)(=O)=O)cc1. The molecule has 8 heteroatoms. The van der Waals surface area contributed by atoms with Crippen LogP contribution in [0.25, 0.3) is 0 Å². The van der Waals surface area contributed by atoms with E-state index in [9.17, 15) is 17.6 Å². The highest BCUT2D eigenvalue weighted by atomic mass is 32.2. The average molecular weight is 379 g/mol. The maximum absolute atomic E-state index is 13.2. The fourth-order valence-electron chi connectivity index (χ4n) is 2.56. The number of carbonyl (C=O) groups is 1. The summed E-state index contributed by atoms with van der Waals surface area (Å²) in [5.74, 6) is -0.496. The predicted octanol–water partition coefficient (Wildman–Crippen LogP) is 1.78. The zero-order chi connectivity index (χ0) is 19.3. The first-order chi connectivity index (χ1) is 12.1. The second-order valence-corrected chi connectivity index (χ2v) is 7.77. The summed E-state index contributed by atoms with van der Waals surface area (Å²) in [5, 5.41) is 7.91. The van der Waals surface area contributed by atoms with E-state index in [-0.39, 0.29) is 29.2 Å². The number of primary sulfonamides is 1. The lowest BCUT2D eigenvalue weighted by Crippen LogP contribution is -2.36. The Hall–Kier alpha value is -2.29. The van der Waals surface area contributed by atoms with Gasteiger partial charge in [0.05, 0.1) is 17.5 Å². The molecule has 26 heavy (non-hydrogen) atoms. The van der Waals surface area contributed by atoms with E-state index in [2.05, 4.69) is 5.32 Å². The topological polar surface area (TPSA) is 92.5 Å². The molecule has 0 unspecified atom stereocenters. The number of rotatable bonds is 7. The molecule has 6 nitrogen and oxygen atoms in total. The lowest BCUT2D eigenvalue weighted by molar-refractivity contribution is -0.122. The first kappa shape index (κ1) is 20.0. The van der Waals surface area contributed by atoms with E-state index in [1.807, 2.05) is 0 Å². The van der Waals surface area contributed by atoms with Crippen LogP contribution in [0, 0.1) is 5.82 Å². The van der Waals surface area contributed by atoms with Crippen LogP contribution in [0.5, 0.6) is 0 Å². The average Bonchev–Trinajstić information content (AvgIpc) is 2.53. The molecule has 3 N–H and O–H groups in total. The molecule has 0 heterocycles. The van der Waals surface area contributed by atoms with Gasteiger partial charge in [-0.2, -0.15) is 0 Å². The second-order valence-electron chi connectivity index (χ2n) is 6.21. The summed E-state index contributed by atoms with van der Waals surface area (Å²) >= 11 is 0. The van der Waals surface area contributed by atoms with Gasteiger partial charge in [0, 0.05) is 6.54 Å². The Morgan fingerprint density at radius 3 is 2.46 bits per heavy atom. The molecule has 0 saturated heterocycles. The molecular formula is C18H22FN3O3S. The molecule has 140 valence electrons. The second kappa shape index (κ2) is 8.39. The van der Waals surface area contributed by atoms with Gasteiger partial charge in [0.25, 0.3) is 0 Å². The van der Waals surface area contributed by atoms with Gasteiger partial charge in [0.15, 0.2) is 0 Å². The maximum atomic E-state index is 13.2. The Bertz CT molecular complexity index is 870. The largest absolute Gasteiger partial charge is 0.348 e. The fourth-order valence-corrected chi connectivity index (χ4v) is 3.08. The van der Waals surface area contributed by atoms with Crippen LogP contribution < -0.4 is 10.5 Å². The summed E-state index contributed by atoms with van der Waals surface area (Å²) < 4.78 is 35.7. The Morgan fingerprint density at radius 2 is 1.88 bits per heavy atom. The van der Waals surface area contributed by atoms with Crippen LogP contribution in [-0.2, 0) is 21.4 Å². The molecule has 0 radical (unpaired) electrons. The summed E-state index contributed by atoms with van der Waals surface area (Å²) in [6.45, 7) is 2.40. The highest BCUT2D eigenvalue weighted by Crippen LogP contribution is 2.15. The number of nitrogens with two attached hydrogens (primary N) is 1. The van der Waals surface area contributed by atoms with E-state index >= 15 is 0 Å². The van der Waals surface area contributed by atoms with Crippen LogP contribution in [0.2, 0.25) is 0 Å². The number of benzene rings is 2. The number of carbonyl (C=O) groups excluding carboxylic acids is 1. The summed E-state index contributed by atoms with van der Waals surface area (Å²) in [6.07, 6.45) is 0. The molecule has 0 aliphatic heterocycles. The van der Waals surface area contributed by atoms with Crippen LogP contribution in [-0.4, -0.2) is 32.8 Å². The highest BCUT2D eigenvalue weighted by molar-refractivity contribution is 7.89. The Morgan fingerprint density at radius 1 is 1.23 bits per heavy atom. The van der Waals surface area contributed by atoms with E-state index in [1.165, 1.54) is 24.3 Å². The van der Waals surface area contributed by atoms with Gasteiger partial charge in [-0.25, -0.2) is 17.9 Å². The molecule has 0 saturated carbocycles. The summed E-state index contributed by atoms with van der Waals surface area (Å²) in [7, 11) is -1.96. The van der Waals surface area contributed by atoms with Gasteiger partial charge in [-0.05, 0) is 49.4 Å². The zero-order valence-electron chi connectivity index (χ0n) is 14.6. The number of nitrogens with one attached hydrogen (secondary N) is 1. The highest BCUT2D eigenvalue weighted by Gasteiger charge is 2.13. The summed E-state index contributed by atoms with van der Waals surface area (Å²) in [6, 6.07) is 12.0. The Labute approximate surface area is 152 Å². The molecule has 1 amide bonds. The van der Waals surface area contributed by atoms with Crippen LogP contribution >= 0.6 is 0 Å². The van der Waals surface area contributed by atoms with Crippen molar-refractivity contribution in [2.45, 2.75) is 24.4 Å². The number of sulfonamides is 1. The minimum atomic E-state index is -3.74. The summed E-state index contributed by atoms with van der Waals surface area (Å²) in [5.41, 5.74) is 1.55. The lowest BCUT2D eigenvalue weighted by atomic mass is 10.1. The van der Waals surface area contributed by atoms with Crippen molar-refractivity contribution in [3.63, 3.8) is 0 Å². The van der Waals surface area contributed by atoms with E-state index < -0.39 is 10.0 Å². The van der Waals surface area contributed by atoms with E-state index in [4.69, 9.17) is 5.14 Å². The molecule has 0 fully saturated rings. The third-order valence-electron chi connectivity index (χ3n) is 3.84. The number of nitrogens with zero attached hydrogens (tertiary/aromatic N) is 1. The van der Waals surface area contributed by atoms with E-state index in [0.717, 1.165) is 11.1 Å². The van der Waals surface area contributed by atoms with Crippen molar-refractivity contribution in [2.24, 2.45) is 5.14 Å². The number of halogens is 1. The number of hydrogen-bond donors (Lipinski definition) is 2. The van der Waals surface area contributed by atoms with Crippen molar-refractivity contribution in [3.8, 4) is 0 Å². The number of hydrogen-bond acceptors (Lipinski definition) is 4. The first-order valence-corrected chi connectivity index (χ1v) is 9.55. The molecular weight excluding hydrogens is 357 g/mol. The van der Waals surface area contributed by atoms with Crippen molar-refractivity contribution in [3.05, 3.63) is 65.5 Å². The van der Waals surface area contributed by atoms with Gasteiger partial charge in [0.2, 0.25) is 15.9 Å². The monoisotopic (exact) mass is 379 g/mol. The molecule has 1 atom stereocenters. The van der Waals surface area contributed by atoms with Crippen LogP contribution in [0.1, 0.15) is 24.1 Å². The zero-order valence-corrected chi connectivity index (χ0v) is 15.5. The van der Waals surface area contributed by atoms with E-state index in [0.29, 0.717) is 6.54 Å². The third-order valence-corrected chi connectivity index (χ3v) is 4.77. The molecule has 0 bridgehead atoms. The molecule has 0 aromatic heterocycles. The van der Waals surface area contributed by atoms with Gasteiger partial charge in [-0.15, -0.1) is 0 Å². The van der Waals surface area contributed by atoms with Gasteiger partial charge in [-0.1, -0.05) is 24.3 Å². The molecule has 2 aromatic rings.